The van der Waals surface area contributed by atoms with E-state index in [0.717, 1.165) is 12.8 Å². The van der Waals surface area contributed by atoms with Crippen LogP contribution in [-0.2, 0) is 14.3 Å². The second kappa shape index (κ2) is 8.01. The third-order valence-corrected chi connectivity index (χ3v) is 2.62. The number of isocyanates is 1. The van der Waals surface area contributed by atoms with E-state index in [9.17, 15) is 9.59 Å². The molecule has 1 aromatic rings. The molecule has 0 fully saturated rings. The van der Waals surface area contributed by atoms with Gasteiger partial charge in [-0.3, -0.25) is 0 Å². The number of hydrogen-bond acceptors (Lipinski definition) is 4. The minimum atomic E-state index is -0.729. The van der Waals surface area contributed by atoms with Crippen LogP contribution in [0.15, 0.2) is 47.5 Å². The van der Waals surface area contributed by atoms with E-state index in [2.05, 4.69) is 11.6 Å². The van der Waals surface area contributed by atoms with Crippen molar-refractivity contribution in [2.75, 3.05) is 6.61 Å². The molecule has 4 nitrogen and oxygen atoms in total. The Balaban J connectivity index is 2.80. The van der Waals surface area contributed by atoms with Gasteiger partial charge >= 0.3 is 5.97 Å². The third kappa shape index (κ3) is 4.53. The van der Waals surface area contributed by atoms with E-state index < -0.39 is 12.0 Å². The molecule has 1 atom stereocenters. The van der Waals surface area contributed by atoms with E-state index in [-0.39, 0.29) is 5.57 Å². The number of esters is 1. The molecule has 1 rings (SSSR count). The maximum Gasteiger partial charge on any atom is 0.335 e. The fraction of sp³-hybridized carbons (Fsp3) is 0.333. The predicted octanol–water partition coefficient (Wildman–Crippen LogP) is 2.96. The van der Waals surface area contributed by atoms with Crippen molar-refractivity contribution in [3.05, 3.63) is 48.0 Å². The van der Waals surface area contributed by atoms with Crippen LogP contribution < -0.4 is 0 Å². The minimum Gasteiger partial charge on any atom is -0.462 e. The molecule has 1 aromatic carbocycles. The molecule has 0 saturated heterocycles. The first-order chi connectivity index (χ1) is 9.20. The number of hydrogen-bond donors (Lipinski definition) is 0. The lowest BCUT2D eigenvalue weighted by molar-refractivity contribution is -0.139. The van der Waals surface area contributed by atoms with E-state index in [4.69, 9.17) is 4.74 Å². The molecule has 0 bridgehead atoms. The largest absolute Gasteiger partial charge is 0.462 e. The highest BCUT2D eigenvalue weighted by Gasteiger charge is 2.21. The van der Waals surface area contributed by atoms with Crippen molar-refractivity contribution in [1.29, 1.82) is 0 Å². The fourth-order valence-electron chi connectivity index (χ4n) is 1.56. The number of unbranched alkanes of at least 4 members (excludes halogenated alkanes) is 1. The van der Waals surface area contributed by atoms with Crippen molar-refractivity contribution in [3.8, 4) is 0 Å². The Hall–Kier alpha value is -2.19. The Morgan fingerprint density at radius 1 is 1.42 bits per heavy atom. The van der Waals surface area contributed by atoms with Crippen LogP contribution in [0, 0.1) is 0 Å². The minimum absolute atomic E-state index is 0.144. The van der Waals surface area contributed by atoms with Gasteiger partial charge in [-0.2, -0.15) is 4.99 Å². The van der Waals surface area contributed by atoms with Gasteiger partial charge in [0.1, 0.15) is 6.04 Å². The maximum absolute atomic E-state index is 11.8. The third-order valence-electron chi connectivity index (χ3n) is 2.62. The lowest BCUT2D eigenvalue weighted by Crippen LogP contribution is -2.13. The molecule has 0 spiro atoms. The van der Waals surface area contributed by atoms with Crippen LogP contribution in [0.3, 0.4) is 0 Å². The van der Waals surface area contributed by atoms with Gasteiger partial charge in [-0.25, -0.2) is 9.59 Å². The molecular formula is C15H17NO3. The van der Waals surface area contributed by atoms with E-state index in [1.807, 2.05) is 13.0 Å². The van der Waals surface area contributed by atoms with Crippen LogP contribution in [0.2, 0.25) is 0 Å². The summed E-state index contributed by atoms with van der Waals surface area (Å²) in [5.74, 6) is -0.527. The van der Waals surface area contributed by atoms with Crippen LogP contribution in [0.4, 0.5) is 0 Å². The lowest BCUT2D eigenvalue weighted by Gasteiger charge is -2.13. The molecule has 0 heterocycles. The molecule has 0 aliphatic heterocycles. The van der Waals surface area contributed by atoms with E-state index in [0.29, 0.717) is 12.2 Å². The smallest absolute Gasteiger partial charge is 0.335 e. The SMILES string of the molecule is C=C(C(=O)OCCCC)C(N=C=O)c1ccccc1. The summed E-state index contributed by atoms with van der Waals surface area (Å²) in [5, 5.41) is 0. The Morgan fingerprint density at radius 2 is 2.11 bits per heavy atom. The number of aliphatic imine (C=N–C) groups is 1. The van der Waals surface area contributed by atoms with Crippen molar-refractivity contribution >= 4 is 12.0 Å². The van der Waals surface area contributed by atoms with Gasteiger partial charge < -0.3 is 4.74 Å². The summed E-state index contributed by atoms with van der Waals surface area (Å²) in [5.41, 5.74) is 0.856. The summed E-state index contributed by atoms with van der Waals surface area (Å²) in [6, 6.07) is 8.27. The second-order valence-electron chi connectivity index (χ2n) is 4.05. The van der Waals surface area contributed by atoms with Crippen LogP contribution >= 0.6 is 0 Å². The first-order valence-electron chi connectivity index (χ1n) is 6.18. The summed E-state index contributed by atoms with van der Waals surface area (Å²) in [7, 11) is 0. The highest BCUT2D eigenvalue weighted by atomic mass is 16.5. The molecule has 0 aromatic heterocycles. The van der Waals surface area contributed by atoms with Crippen molar-refractivity contribution in [1.82, 2.24) is 0 Å². The van der Waals surface area contributed by atoms with Crippen molar-refractivity contribution in [3.63, 3.8) is 0 Å². The van der Waals surface area contributed by atoms with E-state index >= 15 is 0 Å². The average molecular weight is 259 g/mol. The van der Waals surface area contributed by atoms with Gasteiger partial charge in [0.2, 0.25) is 6.08 Å². The monoisotopic (exact) mass is 259 g/mol. The Bertz CT molecular complexity index is 475. The molecule has 0 amide bonds. The Kier molecular flexibility index (Phi) is 6.27. The van der Waals surface area contributed by atoms with Crippen molar-refractivity contribution < 1.29 is 14.3 Å². The molecular weight excluding hydrogens is 242 g/mol. The number of nitrogens with zero attached hydrogens (tertiary/aromatic N) is 1. The van der Waals surface area contributed by atoms with Gasteiger partial charge in [0.25, 0.3) is 0 Å². The number of benzene rings is 1. The lowest BCUT2D eigenvalue weighted by atomic mass is 10.0. The fourth-order valence-corrected chi connectivity index (χ4v) is 1.56. The summed E-state index contributed by atoms with van der Waals surface area (Å²) in [4.78, 5) is 25.9. The summed E-state index contributed by atoms with van der Waals surface area (Å²) in [6.45, 7) is 6.04. The predicted molar refractivity (Wildman–Crippen MR) is 72.3 cm³/mol. The van der Waals surface area contributed by atoms with Gasteiger partial charge in [-0.15, -0.1) is 0 Å². The summed E-state index contributed by atoms with van der Waals surface area (Å²) in [6.07, 6.45) is 3.21. The molecule has 19 heavy (non-hydrogen) atoms. The first-order valence-corrected chi connectivity index (χ1v) is 6.18. The van der Waals surface area contributed by atoms with E-state index in [1.165, 1.54) is 6.08 Å². The highest BCUT2D eigenvalue weighted by Crippen LogP contribution is 2.25. The summed E-state index contributed by atoms with van der Waals surface area (Å²) >= 11 is 0. The number of carbonyl (C=O) groups excluding carboxylic acids is 2. The molecule has 0 radical (unpaired) electrons. The van der Waals surface area contributed by atoms with Gasteiger partial charge in [0, 0.05) is 0 Å². The van der Waals surface area contributed by atoms with Crippen LogP contribution in [0.25, 0.3) is 0 Å². The standard InChI is InChI=1S/C15H17NO3/c1-3-4-10-19-15(18)12(2)14(16-11-17)13-8-6-5-7-9-13/h5-9,14H,2-4,10H2,1H3. The highest BCUT2D eigenvalue weighted by molar-refractivity contribution is 5.89. The Labute approximate surface area is 112 Å². The second-order valence-corrected chi connectivity index (χ2v) is 4.05. The zero-order valence-corrected chi connectivity index (χ0v) is 11.0. The molecule has 0 saturated carbocycles. The zero-order valence-electron chi connectivity index (χ0n) is 11.0. The molecule has 1 unspecified atom stereocenters. The number of ether oxygens (including phenoxy) is 1. The Morgan fingerprint density at radius 3 is 2.68 bits per heavy atom. The van der Waals surface area contributed by atoms with Gasteiger partial charge in [-0.1, -0.05) is 50.3 Å². The van der Waals surface area contributed by atoms with Gasteiger partial charge in [0.15, 0.2) is 0 Å². The zero-order chi connectivity index (χ0) is 14.1. The summed E-state index contributed by atoms with van der Waals surface area (Å²) < 4.78 is 5.06. The molecule has 0 N–H and O–H groups in total. The van der Waals surface area contributed by atoms with Gasteiger partial charge in [-0.05, 0) is 12.0 Å². The normalized spacial score (nSPS) is 11.2. The number of carbonyl (C=O) groups is 1. The topological polar surface area (TPSA) is 55.7 Å². The first kappa shape index (κ1) is 14.9. The van der Waals surface area contributed by atoms with Crippen molar-refractivity contribution in [2.45, 2.75) is 25.8 Å². The van der Waals surface area contributed by atoms with Crippen LogP contribution in [0.5, 0.6) is 0 Å². The molecule has 100 valence electrons. The van der Waals surface area contributed by atoms with Crippen LogP contribution in [-0.4, -0.2) is 18.7 Å². The average Bonchev–Trinajstić information content (AvgIpc) is 2.45. The molecule has 4 heteroatoms. The maximum atomic E-state index is 11.8. The van der Waals surface area contributed by atoms with Crippen LogP contribution in [0.1, 0.15) is 31.4 Å². The van der Waals surface area contributed by atoms with Crippen molar-refractivity contribution in [2.24, 2.45) is 4.99 Å². The number of rotatable bonds is 7. The van der Waals surface area contributed by atoms with Gasteiger partial charge in [0.05, 0.1) is 12.2 Å². The molecule has 0 aliphatic rings. The quantitative estimate of drug-likeness (QED) is 0.249. The molecule has 0 aliphatic carbocycles. The van der Waals surface area contributed by atoms with E-state index in [1.54, 1.807) is 24.3 Å².